The van der Waals surface area contributed by atoms with Gasteiger partial charge in [0.15, 0.2) is 0 Å². The van der Waals surface area contributed by atoms with Crippen molar-refractivity contribution in [2.75, 3.05) is 0 Å². The smallest absolute Gasteiger partial charge is 0.0705 e. The Morgan fingerprint density at radius 2 is 1.86 bits per heavy atom. The van der Waals surface area contributed by atoms with Crippen LogP contribution in [0.2, 0.25) is 0 Å². The summed E-state index contributed by atoms with van der Waals surface area (Å²) in [5, 5.41) is 1.18. The lowest BCUT2D eigenvalue weighted by molar-refractivity contribution is 1.06. The molecule has 2 heteroatoms. The van der Waals surface area contributed by atoms with Crippen molar-refractivity contribution in [1.82, 2.24) is 4.98 Å². The Kier molecular flexibility index (Phi) is 2.22. The third kappa shape index (κ3) is 1.49. The SMILES string of the molecule is Cc1cc2cc(CN)cnc2cc1C. The monoisotopic (exact) mass is 186 g/mol. The Morgan fingerprint density at radius 1 is 1.14 bits per heavy atom. The van der Waals surface area contributed by atoms with E-state index in [1.807, 2.05) is 6.20 Å². The van der Waals surface area contributed by atoms with E-state index in [0.29, 0.717) is 6.54 Å². The number of hydrogen-bond acceptors (Lipinski definition) is 2. The minimum Gasteiger partial charge on any atom is -0.326 e. The molecule has 0 aliphatic heterocycles. The van der Waals surface area contributed by atoms with Crippen LogP contribution in [0.4, 0.5) is 0 Å². The van der Waals surface area contributed by atoms with Crippen LogP contribution >= 0.6 is 0 Å². The summed E-state index contributed by atoms with van der Waals surface area (Å²) >= 11 is 0. The summed E-state index contributed by atoms with van der Waals surface area (Å²) in [6.45, 7) is 4.77. The van der Waals surface area contributed by atoms with E-state index in [1.54, 1.807) is 0 Å². The van der Waals surface area contributed by atoms with Gasteiger partial charge in [0.25, 0.3) is 0 Å². The van der Waals surface area contributed by atoms with Gasteiger partial charge in [-0.2, -0.15) is 0 Å². The number of rotatable bonds is 1. The number of fused-ring (bicyclic) bond motifs is 1. The normalized spacial score (nSPS) is 10.8. The lowest BCUT2D eigenvalue weighted by Gasteiger charge is -2.04. The van der Waals surface area contributed by atoms with Gasteiger partial charge in [-0.3, -0.25) is 4.98 Å². The van der Waals surface area contributed by atoms with E-state index in [-0.39, 0.29) is 0 Å². The quantitative estimate of drug-likeness (QED) is 0.742. The number of pyridine rings is 1. The van der Waals surface area contributed by atoms with Crippen molar-refractivity contribution >= 4 is 10.9 Å². The van der Waals surface area contributed by atoms with Gasteiger partial charge in [0, 0.05) is 18.1 Å². The molecular weight excluding hydrogens is 172 g/mol. The zero-order valence-corrected chi connectivity index (χ0v) is 8.54. The standard InChI is InChI=1S/C12H14N2/c1-8-3-11-5-10(6-13)7-14-12(11)4-9(8)2/h3-5,7H,6,13H2,1-2H3. The number of hydrogen-bond donors (Lipinski definition) is 1. The van der Waals surface area contributed by atoms with E-state index in [1.165, 1.54) is 16.5 Å². The Balaban J connectivity index is 2.70. The molecule has 72 valence electrons. The maximum Gasteiger partial charge on any atom is 0.0705 e. The van der Waals surface area contributed by atoms with Crippen LogP contribution in [-0.2, 0) is 6.54 Å². The molecule has 1 aromatic heterocycles. The van der Waals surface area contributed by atoms with Gasteiger partial charge in [-0.1, -0.05) is 0 Å². The molecule has 0 amide bonds. The third-order valence-electron chi connectivity index (χ3n) is 2.59. The highest BCUT2D eigenvalue weighted by Gasteiger charge is 1.99. The molecule has 1 aromatic carbocycles. The summed E-state index contributed by atoms with van der Waals surface area (Å²) in [6.07, 6.45) is 1.84. The molecule has 0 saturated heterocycles. The first-order valence-corrected chi connectivity index (χ1v) is 4.76. The summed E-state index contributed by atoms with van der Waals surface area (Å²) in [7, 11) is 0. The summed E-state index contributed by atoms with van der Waals surface area (Å²) < 4.78 is 0. The van der Waals surface area contributed by atoms with Crippen molar-refractivity contribution < 1.29 is 0 Å². The van der Waals surface area contributed by atoms with Gasteiger partial charge < -0.3 is 5.73 Å². The topological polar surface area (TPSA) is 38.9 Å². The summed E-state index contributed by atoms with van der Waals surface area (Å²) in [6, 6.07) is 6.39. The Bertz CT molecular complexity index is 475. The van der Waals surface area contributed by atoms with Gasteiger partial charge in [-0.25, -0.2) is 0 Å². The van der Waals surface area contributed by atoms with Crippen molar-refractivity contribution in [2.24, 2.45) is 5.73 Å². The lowest BCUT2D eigenvalue weighted by atomic mass is 10.1. The molecule has 2 N–H and O–H groups in total. The first-order valence-electron chi connectivity index (χ1n) is 4.76. The average Bonchev–Trinajstić information content (AvgIpc) is 2.19. The fraction of sp³-hybridized carbons (Fsp3) is 0.250. The lowest BCUT2D eigenvalue weighted by Crippen LogP contribution is -1.97. The summed E-state index contributed by atoms with van der Waals surface area (Å²) in [4.78, 5) is 4.37. The van der Waals surface area contributed by atoms with E-state index >= 15 is 0 Å². The van der Waals surface area contributed by atoms with E-state index < -0.39 is 0 Å². The minimum atomic E-state index is 0.551. The molecule has 0 spiro atoms. The Morgan fingerprint density at radius 3 is 2.57 bits per heavy atom. The van der Waals surface area contributed by atoms with Crippen LogP contribution < -0.4 is 5.73 Å². The molecule has 0 aliphatic rings. The van der Waals surface area contributed by atoms with E-state index in [0.717, 1.165) is 11.1 Å². The van der Waals surface area contributed by atoms with Crippen molar-refractivity contribution in [2.45, 2.75) is 20.4 Å². The van der Waals surface area contributed by atoms with Crippen LogP contribution in [0.3, 0.4) is 0 Å². The molecule has 2 nitrogen and oxygen atoms in total. The van der Waals surface area contributed by atoms with Crippen molar-refractivity contribution in [1.29, 1.82) is 0 Å². The Labute approximate surface area is 83.8 Å². The third-order valence-corrected chi connectivity index (χ3v) is 2.59. The van der Waals surface area contributed by atoms with Gasteiger partial charge in [0.2, 0.25) is 0 Å². The highest BCUT2D eigenvalue weighted by molar-refractivity contribution is 5.80. The molecule has 2 rings (SSSR count). The molecule has 14 heavy (non-hydrogen) atoms. The van der Waals surface area contributed by atoms with Crippen LogP contribution in [0, 0.1) is 13.8 Å². The van der Waals surface area contributed by atoms with Crippen LogP contribution in [0.25, 0.3) is 10.9 Å². The van der Waals surface area contributed by atoms with Crippen LogP contribution in [0.1, 0.15) is 16.7 Å². The number of nitrogens with two attached hydrogens (primary N) is 1. The minimum absolute atomic E-state index is 0.551. The molecule has 0 unspecified atom stereocenters. The predicted octanol–water partition coefficient (Wildman–Crippen LogP) is 2.31. The largest absolute Gasteiger partial charge is 0.326 e. The number of nitrogens with zero attached hydrogens (tertiary/aromatic N) is 1. The van der Waals surface area contributed by atoms with E-state index in [4.69, 9.17) is 5.73 Å². The molecule has 1 heterocycles. The molecule has 0 aliphatic carbocycles. The number of aromatic nitrogens is 1. The van der Waals surface area contributed by atoms with E-state index in [9.17, 15) is 0 Å². The Hall–Kier alpha value is -1.41. The molecule has 0 atom stereocenters. The van der Waals surface area contributed by atoms with Crippen LogP contribution in [0.5, 0.6) is 0 Å². The fourth-order valence-electron chi connectivity index (χ4n) is 1.55. The second-order valence-electron chi connectivity index (χ2n) is 3.68. The van der Waals surface area contributed by atoms with E-state index in [2.05, 4.69) is 37.0 Å². The highest BCUT2D eigenvalue weighted by Crippen LogP contribution is 2.18. The molecule has 0 bridgehead atoms. The molecule has 2 aromatic rings. The maximum absolute atomic E-state index is 5.57. The second-order valence-corrected chi connectivity index (χ2v) is 3.68. The predicted molar refractivity (Wildman–Crippen MR) is 59.1 cm³/mol. The van der Waals surface area contributed by atoms with Gasteiger partial charge >= 0.3 is 0 Å². The maximum atomic E-state index is 5.57. The first-order chi connectivity index (χ1) is 6.70. The first kappa shape index (κ1) is 9.16. The molecular formula is C12H14N2. The highest BCUT2D eigenvalue weighted by atomic mass is 14.7. The molecule has 0 saturated carbocycles. The fourth-order valence-corrected chi connectivity index (χ4v) is 1.55. The van der Waals surface area contributed by atoms with Gasteiger partial charge in [-0.05, 0) is 48.7 Å². The van der Waals surface area contributed by atoms with Gasteiger partial charge in [0.05, 0.1) is 5.52 Å². The second kappa shape index (κ2) is 3.39. The van der Waals surface area contributed by atoms with Gasteiger partial charge in [0.1, 0.15) is 0 Å². The van der Waals surface area contributed by atoms with Crippen LogP contribution in [0.15, 0.2) is 24.4 Å². The number of benzene rings is 1. The van der Waals surface area contributed by atoms with Crippen molar-refractivity contribution in [3.05, 3.63) is 41.1 Å². The van der Waals surface area contributed by atoms with Crippen molar-refractivity contribution in [3.63, 3.8) is 0 Å². The zero-order chi connectivity index (χ0) is 10.1. The average molecular weight is 186 g/mol. The molecule has 0 radical (unpaired) electrons. The molecule has 0 fully saturated rings. The van der Waals surface area contributed by atoms with Crippen LogP contribution in [-0.4, -0.2) is 4.98 Å². The number of aryl methyl sites for hydroxylation is 2. The van der Waals surface area contributed by atoms with Crippen molar-refractivity contribution in [3.8, 4) is 0 Å². The summed E-state index contributed by atoms with van der Waals surface area (Å²) in [5.74, 6) is 0. The van der Waals surface area contributed by atoms with Gasteiger partial charge in [-0.15, -0.1) is 0 Å². The summed E-state index contributed by atoms with van der Waals surface area (Å²) in [5.41, 5.74) is 10.3. The zero-order valence-electron chi connectivity index (χ0n) is 8.54.